The number of aryl methyl sites for hydroxylation is 1. The van der Waals surface area contributed by atoms with E-state index in [1.165, 1.54) is 12.1 Å². The van der Waals surface area contributed by atoms with Crippen molar-refractivity contribution in [2.45, 2.75) is 25.7 Å². The average Bonchev–Trinajstić information content (AvgIpc) is 3.21. The molecule has 1 atom stereocenters. The molecule has 1 saturated heterocycles. The summed E-state index contributed by atoms with van der Waals surface area (Å²) >= 11 is 0. The molecule has 1 aliphatic heterocycles. The number of fused-ring (bicyclic) bond motifs is 1. The van der Waals surface area contributed by atoms with Gasteiger partial charge in [0.2, 0.25) is 5.89 Å². The molecule has 0 amide bonds. The minimum Gasteiger partial charge on any atom is -0.381 e. The fourth-order valence-corrected chi connectivity index (χ4v) is 2.98. The lowest BCUT2D eigenvalue weighted by atomic mass is 10.1. The molecule has 1 fully saturated rings. The molecule has 114 valence electrons. The first-order valence-electron chi connectivity index (χ1n) is 7.37. The van der Waals surface area contributed by atoms with E-state index in [0.717, 1.165) is 35.2 Å². The van der Waals surface area contributed by atoms with Gasteiger partial charge in [-0.15, -0.1) is 0 Å². The topological polar surface area (TPSA) is 63.9 Å². The van der Waals surface area contributed by atoms with Crippen molar-refractivity contribution in [3.05, 3.63) is 47.0 Å². The minimum absolute atomic E-state index is 0.221. The van der Waals surface area contributed by atoms with Crippen LogP contribution in [0.4, 0.5) is 4.39 Å². The van der Waals surface area contributed by atoms with Gasteiger partial charge in [0, 0.05) is 29.1 Å². The Bertz CT molecular complexity index is 818. The molecule has 0 aliphatic carbocycles. The van der Waals surface area contributed by atoms with Gasteiger partial charge in [-0.2, -0.15) is 4.98 Å². The van der Waals surface area contributed by atoms with Crippen LogP contribution in [0.15, 0.2) is 22.7 Å². The highest BCUT2D eigenvalue weighted by Gasteiger charge is 2.23. The maximum absolute atomic E-state index is 13.5. The van der Waals surface area contributed by atoms with Gasteiger partial charge in [0.05, 0.1) is 13.0 Å². The highest BCUT2D eigenvalue weighted by molar-refractivity contribution is 5.84. The zero-order valence-electron chi connectivity index (χ0n) is 12.2. The molecular formula is C16H16FN3O2. The molecule has 0 spiro atoms. The molecule has 0 unspecified atom stereocenters. The van der Waals surface area contributed by atoms with Crippen LogP contribution in [0.5, 0.6) is 0 Å². The first-order valence-corrected chi connectivity index (χ1v) is 7.37. The minimum atomic E-state index is -0.248. The molecule has 6 heteroatoms. The summed E-state index contributed by atoms with van der Waals surface area (Å²) in [7, 11) is 0. The van der Waals surface area contributed by atoms with Gasteiger partial charge in [0.15, 0.2) is 5.82 Å². The van der Waals surface area contributed by atoms with Crippen LogP contribution in [0.1, 0.15) is 35.3 Å². The number of aromatic amines is 1. The molecule has 1 aliphatic rings. The van der Waals surface area contributed by atoms with Gasteiger partial charge >= 0.3 is 0 Å². The number of halogens is 1. The Kier molecular flexibility index (Phi) is 3.18. The smallest absolute Gasteiger partial charge is 0.231 e. The van der Waals surface area contributed by atoms with Gasteiger partial charge in [-0.05, 0) is 37.1 Å². The molecule has 0 bridgehead atoms. The van der Waals surface area contributed by atoms with E-state index in [4.69, 9.17) is 9.26 Å². The predicted molar refractivity (Wildman–Crippen MR) is 78.3 cm³/mol. The van der Waals surface area contributed by atoms with E-state index in [1.54, 1.807) is 6.07 Å². The third-order valence-electron chi connectivity index (χ3n) is 4.19. The van der Waals surface area contributed by atoms with Crippen LogP contribution in [0.3, 0.4) is 0 Å². The van der Waals surface area contributed by atoms with Crippen LogP contribution in [0, 0.1) is 12.7 Å². The van der Waals surface area contributed by atoms with Gasteiger partial charge in [0.1, 0.15) is 5.82 Å². The zero-order chi connectivity index (χ0) is 15.1. The summed E-state index contributed by atoms with van der Waals surface area (Å²) in [5.74, 6) is 1.23. The van der Waals surface area contributed by atoms with Gasteiger partial charge in [-0.3, -0.25) is 0 Å². The first-order chi connectivity index (χ1) is 10.7. The number of rotatable bonds is 3. The van der Waals surface area contributed by atoms with E-state index in [0.29, 0.717) is 24.7 Å². The summed E-state index contributed by atoms with van der Waals surface area (Å²) in [6.07, 6.45) is 1.42. The predicted octanol–water partition coefficient (Wildman–Crippen LogP) is 3.09. The molecule has 3 aromatic rings. The first kappa shape index (κ1) is 13.5. The third kappa shape index (κ3) is 2.29. The number of benzene rings is 1. The highest BCUT2D eigenvalue weighted by Crippen LogP contribution is 2.27. The number of aromatic nitrogens is 3. The molecule has 3 heterocycles. The maximum atomic E-state index is 13.5. The lowest BCUT2D eigenvalue weighted by molar-refractivity contribution is 0.192. The maximum Gasteiger partial charge on any atom is 0.231 e. The van der Waals surface area contributed by atoms with Crippen molar-refractivity contribution in [2.24, 2.45) is 0 Å². The molecule has 4 rings (SSSR count). The van der Waals surface area contributed by atoms with Gasteiger partial charge in [0.25, 0.3) is 0 Å². The van der Waals surface area contributed by atoms with E-state index in [9.17, 15) is 4.39 Å². The van der Waals surface area contributed by atoms with Crippen LogP contribution in [0.25, 0.3) is 10.9 Å². The summed E-state index contributed by atoms with van der Waals surface area (Å²) in [5.41, 5.74) is 2.90. The Morgan fingerprint density at radius 1 is 1.41 bits per heavy atom. The van der Waals surface area contributed by atoms with Gasteiger partial charge < -0.3 is 14.2 Å². The second kappa shape index (κ2) is 5.21. The lowest BCUT2D eigenvalue weighted by Gasteiger charge is -1.99. The largest absolute Gasteiger partial charge is 0.381 e. The Balaban J connectivity index is 1.66. The van der Waals surface area contributed by atoms with Crippen LogP contribution < -0.4 is 0 Å². The van der Waals surface area contributed by atoms with Gasteiger partial charge in [-0.25, -0.2) is 4.39 Å². The van der Waals surface area contributed by atoms with Crippen molar-refractivity contribution in [3.8, 4) is 0 Å². The molecular weight excluding hydrogens is 285 g/mol. The standard InChI is InChI=1S/C16H16FN3O2/c1-9-12(13-6-11(17)2-3-14(13)18-9)7-15-19-16(20-22-15)10-4-5-21-8-10/h2-3,6,10,18H,4-5,7-8H2,1H3/t10-/m0/s1. The molecule has 0 saturated carbocycles. The number of hydrogen-bond donors (Lipinski definition) is 1. The second-order valence-corrected chi connectivity index (χ2v) is 5.70. The normalized spacial score (nSPS) is 18.4. The SMILES string of the molecule is Cc1[nH]c2ccc(F)cc2c1Cc1nc([C@H]2CCOC2)no1. The summed E-state index contributed by atoms with van der Waals surface area (Å²) in [6, 6.07) is 4.74. The van der Waals surface area contributed by atoms with E-state index >= 15 is 0 Å². The fourth-order valence-electron chi connectivity index (χ4n) is 2.98. The van der Waals surface area contributed by atoms with Crippen molar-refractivity contribution in [2.75, 3.05) is 13.2 Å². The molecule has 5 nitrogen and oxygen atoms in total. The number of ether oxygens (including phenoxy) is 1. The Hall–Kier alpha value is -2.21. The van der Waals surface area contributed by atoms with Crippen LogP contribution >= 0.6 is 0 Å². The highest BCUT2D eigenvalue weighted by atomic mass is 19.1. The van der Waals surface area contributed by atoms with E-state index in [2.05, 4.69) is 15.1 Å². The summed E-state index contributed by atoms with van der Waals surface area (Å²) in [4.78, 5) is 7.73. The van der Waals surface area contributed by atoms with Crippen LogP contribution in [-0.2, 0) is 11.2 Å². The number of nitrogens with zero attached hydrogens (tertiary/aromatic N) is 2. The zero-order valence-corrected chi connectivity index (χ0v) is 12.2. The fraction of sp³-hybridized carbons (Fsp3) is 0.375. The Morgan fingerprint density at radius 2 is 2.32 bits per heavy atom. The van der Waals surface area contributed by atoms with Crippen molar-refractivity contribution < 1.29 is 13.7 Å². The third-order valence-corrected chi connectivity index (χ3v) is 4.19. The Morgan fingerprint density at radius 3 is 3.14 bits per heavy atom. The molecule has 2 aromatic heterocycles. The summed E-state index contributed by atoms with van der Waals surface area (Å²) in [5, 5.41) is 4.92. The molecule has 1 N–H and O–H groups in total. The van der Waals surface area contributed by atoms with E-state index in [1.807, 2.05) is 6.92 Å². The molecule has 22 heavy (non-hydrogen) atoms. The summed E-state index contributed by atoms with van der Waals surface area (Å²) in [6.45, 7) is 3.36. The van der Waals surface area contributed by atoms with E-state index in [-0.39, 0.29) is 11.7 Å². The van der Waals surface area contributed by atoms with Crippen molar-refractivity contribution >= 4 is 10.9 Å². The van der Waals surface area contributed by atoms with Crippen LogP contribution in [-0.4, -0.2) is 28.3 Å². The van der Waals surface area contributed by atoms with Gasteiger partial charge in [-0.1, -0.05) is 5.16 Å². The number of nitrogens with one attached hydrogen (secondary N) is 1. The van der Waals surface area contributed by atoms with Crippen molar-refractivity contribution in [3.63, 3.8) is 0 Å². The van der Waals surface area contributed by atoms with Crippen LogP contribution in [0.2, 0.25) is 0 Å². The quantitative estimate of drug-likeness (QED) is 0.807. The molecule has 0 radical (unpaired) electrons. The number of H-pyrrole nitrogens is 1. The molecule has 1 aromatic carbocycles. The summed E-state index contributed by atoms with van der Waals surface area (Å²) < 4.78 is 24.2. The number of hydrogen-bond acceptors (Lipinski definition) is 4. The average molecular weight is 301 g/mol. The van der Waals surface area contributed by atoms with Crippen molar-refractivity contribution in [1.29, 1.82) is 0 Å². The lowest BCUT2D eigenvalue weighted by Crippen LogP contribution is -2.00. The monoisotopic (exact) mass is 301 g/mol. The van der Waals surface area contributed by atoms with E-state index < -0.39 is 0 Å². The Labute approximate surface area is 126 Å². The second-order valence-electron chi connectivity index (χ2n) is 5.70. The van der Waals surface area contributed by atoms with Crippen molar-refractivity contribution in [1.82, 2.24) is 15.1 Å².